The van der Waals surface area contributed by atoms with Crippen LogP contribution >= 0.6 is 0 Å². The normalized spacial score (nSPS) is 11.1. The Balaban J connectivity index is 1.78. The number of hydrogen-bond acceptors (Lipinski definition) is 7. The molecule has 3 rings (SSSR count). The van der Waals surface area contributed by atoms with Gasteiger partial charge in [-0.3, -0.25) is 10.3 Å². The maximum Gasteiger partial charge on any atom is 0.412 e. The number of hydrogen-bond donors (Lipinski definition) is 1. The van der Waals surface area contributed by atoms with E-state index in [-0.39, 0.29) is 0 Å². The Kier molecular flexibility index (Phi) is 5.02. The molecule has 3 aromatic heterocycles. The van der Waals surface area contributed by atoms with Gasteiger partial charge in [0.2, 0.25) is 5.88 Å². The average Bonchev–Trinajstić information content (AvgIpc) is 3.10. The third-order valence-corrected chi connectivity index (χ3v) is 3.36. The predicted molar refractivity (Wildman–Crippen MR) is 98.8 cm³/mol. The molecule has 9 heteroatoms. The highest BCUT2D eigenvalue weighted by atomic mass is 16.6. The van der Waals surface area contributed by atoms with Crippen molar-refractivity contribution in [2.24, 2.45) is 0 Å². The van der Waals surface area contributed by atoms with Crippen LogP contribution in [0.15, 0.2) is 43.0 Å². The monoisotopic (exact) mass is 368 g/mol. The van der Waals surface area contributed by atoms with Crippen molar-refractivity contribution in [1.29, 1.82) is 0 Å². The molecule has 27 heavy (non-hydrogen) atoms. The zero-order valence-corrected chi connectivity index (χ0v) is 15.5. The lowest BCUT2D eigenvalue weighted by Crippen LogP contribution is -2.27. The van der Waals surface area contributed by atoms with Gasteiger partial charge in [0.25, 0.3) is 0 Å². The number of anilines is 1. The Bertz CT molecular complexity index is 914. The first-order valence-corrected chi connectivity index (χ1v) is 8.22. The van der Waals surface area contributed by atoms with E-state index < -0.39 is 11.7 Å². The van der Waals surface area contributed by atoms with Crippen LogP contribution in [0.2, 0.25) is 0 Å². The molecular formula is C18H20N6O3. The van der Waals surface area contributed by atoms with E-state index in [1.165, 1.54) is 12.5 Å². The maximum atomic E-state index is 11.8. The van der Waals surface area contributed by atoms with Gasteiger partial charge in [0.15, 0.2) is 5.82 Å². The molecule has 1 N–H and O–H groups in total. The van der Waals surface area contributed by atoms with Crippen molar-refractivity contribution in [3.63, 3.8) is 0 Å². The van der Waals surface area contributed by atoms with Gasteiger partial charge >= 0.3 is 6.09 Å². The van der Waals surface area contributed by atoms with Crippen LogP contribution in [0.3, 0.4) is 0 Å². The second-order valence-electron chi connectivity index (χ2n) is 6.61. The van der Waals surface area contributed by atoms with Crippen molar-refractivity contribution in [1.82, 2.24) is 24.7 Å². The van der Waals surface area contributed by atoms with Crippen LogP contribution < -0.4 is 10.1 Å². The van der Waals surface area contributed by atoms with Gasteiger partial charge in [0.1, 0.15) is 17.6 Å². The molecule has 0 bridgehead atoms. The number of pyridine rings is 2. The molecule has 0 aliphatic rings. The summed E-state index contributed by atoms with van der Waals surface area (Å²) in [6, 6.07) is 7.02. The summed E-state index contributed by atoms with van der Waals surface area (Å²) in [5, 5.41) is 6.86. The van der Waals surface area contributed by atoms with Gasteiger partial charge in [-0.2, -0.15) is 5.10 Å². The van der Waals surface area contributed by atoms with Crippen LogP contribution in [0, 0.1) is 0 Å². The number of rotatable bonds is 4. The highest BCUT2D eigenvalue weighted by molar-refractivity contribution is 5.84. The molecule has 0 fully saturated rings. The van der Waals surface area contributed by atoms with Gasteiger partial charge in [0, 0.05) is 6.07 Å². The average molecular weight is 368 g/mol. The van der Waals surface area contributed by atoms with E-state index in [1.54, 1.807) is 57.0 Å². The number of aromatic nitrogens is 5. The molecule has 0 unspecified atom stereocenters. The maximum absolute atomic E-state index is 11.8. The van der Waals surface area contributed by atoms with Crippen LogP contribution in [0.25, 0.3) is 17.2 Å². The highest BCUT2D eigenvalue weighted by Crippen LogP contribution is 2.20. The van der Waals surface area contributed by atoms with Crippen molar-refractivity contribution in [2.75, 3.05) is 12.4 Å². The highest BCUT2D eigenvalue weighted by Gasteiger charge is 2.17. The van der Waals surface area contributed by atoms with E-state index in [4.69, 9.17) is 9.47 Å². The minimum Gasteiger partial charge on any atom is -0.481 e. The Morgan fingerprint density at radius 3 is 2.48 bits per heavy atom. The van der Waals surface area contributed by atoms with Gasteiger partial charge in [-0.15, -0.1) is 0 Å². The largest absolute Gasteiger partial charge is 0.481 e. The molecule has 3 aromatic rings. The first-order valence-electron chi connectivity index (χ1n) is 8.22. The van der Waals surface area contributed by atoms with Crippen molar-refractivity contribution >= 4 is 11.8 Å². The van der Waals surface area contributed by atoms with Gasteiger partial charge in [-0.25, -0.2) is 19.4 Å². The zero-order valence-electron chi connectivity index (χ0n) is 15.5. The second-order valence-corrected chi connectivity index (χ2v) is 6.61. The molecule has 3 heterocycles. The first-order chi connectivity index (χ1) is 12.9. The summed E-state index contributed by atoms with van der Waals surface area (Å²) >= 11 is 0. The molecule has 0 aliphatic carbocycles. The number of carbonyl (C=O) groups is 1. The lowest BCUT2D eigenvalue weighted by Gasteiger charge is -2.19. The molecule has 0 saturated heterocycles. The Hall–Kier alpha value is -3.49. The molecular weight excluding hydrogens is 348 g/mol. The second kappa shape index (κ2) is 7.40. The van der Waals surface area contributed by atoms with Crippen molar-refractivity contribution < 1.29 is 14.3 Å². The topological polar surface area (TPSA) is 104 Å². The standard InChI is InChI=1S/C18H20N6O3/c1-18(2,3)27-17(25)23-12-5-7-14(19-9-12)16-21-11-22-24(16)13-6-8-15(26-4)20-10-13/h5-11H,1-4H3,(H,23,25). The van der Waals surface area contributed by atoms with Gasteiger partial charge in [-0.05, 0) is 39.0 Å². The Morgan fingerprint density at radius 2 is 1.89 bits per heavy atom. The molecule has 1 amide bonds. The fraction of sp³-hybridized carbons (Fsp3) is 0.278. The molecule has 0 aromatic carbocycles. The third-order valence-electron chi connectivity index (χ3n) is 3.36. The number of methoxy groups -OCH3 is 1. The fourth-order valence-corrected chi connectivity index (χ4v) is 2.25. The van der Waals surface area contributed by atoms with Crippen LogP contribution in [0.1, 0.15) is 20.8 Å². The molecule has 0 atom stereocenters. The van der Waals surface area contributed by atoms with Crippen molar-refractivity contribution in [3.8, 4) is 23.1 Å². The summed E-state index contributed by atoms with van der Waals surface area (Å²) in [5.41, 5.74) is 1.27. The lowest BCUT2D eigenvalue weighted by atomic mass is 10.2. The quantitative estimate of drug-likeness (QED) is 0.754. The SMILES string of the molecule is COc1ccc(-n2ncnc2-c2ccc(NC(=O)OC(C)(C)C)cn2)cn1. The summed E-state index contributed by atoms with van der Waals surface area (Å²) in [6.45, 7) is 5.40. The summed E-state index contributed by atoms with van der Waals surface area (Å²) in [4.78, 5) is 24.6. The fourth-order valence-electron chi connectivity index (χ4n) is 2.25. The first kappa shape index (κ1) is 18.3. The van der Waals surface area contributed by atoms with Crippen LogP contribution in [-0.4, -0.2) is 43.5 Å². The minimum atomic E-state index is -0.569. The van der Waals surface area contributed by atoms with Crippen LogP contribution in [0.4, 0.5) is 10.5 Å². The number of carbonyl (C=O) groups excluding carboxylic acids is 1. The minimum absolute atomic E-state index is 0.510. The molecule has 0 saturated carbocycles. The number of amides is 1. The van der Waals surface area contributed by atoms with E-state index in [9.17, 15) is 4.79 Å². The smallest absolute Gasteiger partial charge is 0.412 e. The molecule has 0 radical (unpaired) electrons. The molecule has 9 nitrogen and oxygen atoms in total. The third kappa shape index (κ3) is 4.57. The van der Waals surface area contributed by atoms with Crippen molar-refractivity contribution in [2.45, 2.75) is 26.4 Å². The van der Waals surface area contributed by atoms with Gasteiger partial charge < -0.3 is 9.47 Å². The van der Waals surface area contributed by atoms with Crippen LogP contribution in [0.5, 0.6) is 5.88 Å². The zero-order chi connectivity index (χ0) is 19.4. The number of nitrogens with zero attached hydrogens (tertiary/aromatic N) is 5. The summed E-state index contributed by atoms with van der Waals surface area (Å²) in [7, 11) is 1.56. The van der Waals surface area contributed by atoms with Gasteiger partial charge in [0.05, 0.1) is 30.9 Å². The molecule has 140 valence electrons. The van der Waals surface area contributed by atoms with E-state index in [0.717, 1.165) is 5.69 Å². The Labute approximate surface area is 156 Å². The van der Waals surface area contributed by atoms with Crippen LogP contribution in [-0.2, 0) is 4.74 Å². The molecule has 0 aliphatic heterocycles. The summed E-state index contributed by atoms with van der Waals surface area (Å²) < 4.78 is 11.9. The van der Waals surface area contributed by atoms with E-state index >= 15 is 0 Å². The Morgan fingerprint density at radius 1 is 1.07 bits per heavy atom. The predicted octanol–water partition coefficient (Wildman–Crippen LogP) is 3.08. The van der Waals surface area contributed by atoms with E-state index in [2.05, 4.69) is 25.4 Å². The number of nitrogens with one attached hydrogen (secondary N) is 1. The lowest BCUT2D eigenvalue weighted by molar-refractivity contribution is 0.0636. The van der Waals surface area contributed by atoms with E-state index in [0.29, 0.717) is 23.1 Å². The van der Waals surface area contributed by atoms with Gasteiger partial charge in [-0.1, -0.05) is 0 Å². The number of ether oxygens (including phenoxy) is 2. The molecule has 0 spiro atoms. The summed E-state index contributed by atoms with van der Waals surface area (Å²) in [5.74, 6) is 1.06. The van der Waals surface area contributed by atoms with E-state index in [1.807, 2.05) is 6.07 Å². The van der Waals surface area contributed by atoms with Crippen molar-refractivity contribution in [3.05, 3.63) is 43.0 Å². The summed E-state index contributed by atoms with van der Waals surface area (Å²) in [6.07, 6.45) is 4.07.